The molecule has 0 saturated carbocycles. The molecule has 1 atom stereocenters. The zero-order chi connectivity index (χ0) is 14.7. The van der Waals surface area contributed by atoms with Gasteiger partial charge in [0.2, 0.25) is 0 Å². The Kier molecular flexibility index (Phi) is 4.99. The minimum atomic E-state index is -0.340. The molecule has 0 amide bonds. The monoisotopic (exact) mass is 385 g/mol. The van der Waals surface area contributed by atoms with Crippen molar-refractivity contribution in [1.29, 1.82) is 0 Å². The van der Waals surface area contributed by atoms with Gasteiger partial charge in [-0.25, -0.2) is 4.39 Å². The van der Waals surface area contributed by atoms with Gasteiger partial charge in [0.1, 0.15) is 0 Å². The van der Waals surface area contributed by atoms with Crippen LogP contribution in [0.2, 0.25) is 0 Å². The van der Waals surface area contributed by atoms with Crippen LogP contribution in [0.1, 0.15) is 22.7 Å². The molecular formula is C16H17FINO. The van der Waals surface area contributed by atoms with Gasteiger partial charge >= 0.3 is 0 Å². The summed E-state index contributed by atoms with van der Waals surface area (Å²) < 4.78 is 20.0. The third kappa shape index (κ3) is 2.96. The lowest BCUT2D eigenvalue weighted by atomic mass is 9.97. The minimum Gasteiger partial charge on any atom is -0.494 e. The van der Waals surface area contributed by atoms with Gasteiger partial charge in [0, 0.05) is 3.57 Å². The number of rotatable bonds is 4. The Balaban J connectivity index is 2.47. The van der Waals surface area contributed by atoms with Gasteiger partial charge in [0.05, 0.1) is 13.2 Å². The van der Waals surface area contributed by atoms with Crippen LogP contribution < -0.4 is 10.1 Å². The second-order valence-corrected chi connectivity index (χ2v) is 5.67. The first-order valence-electron chi connectivity index (χ1n) is 6.34. The number of aryl methyl sites for hydroxylation is 1. The van der Waals surface area contributed by atoms with Crippen molar-refractivity contribution in [1.82, 2.24) is 5.32 Å². The highest BCUT2D eigenvalue weighted by molar-refractivity contribution is 14.1. The van der Waals surface area contributed by atoms with E-state index in [1.165, 1.54) is 22.3 Å². The highest BCUT2D eigenvalue weighted by Crippen LogP contribution is 2.30. The molecule has 0 fully saturated rings. The fourth-order valence-electron chi connectivity index (χ4n) is 2.26. The van der Waals surface area contributed by atoms with Crippen molar-refractivity contribution in [3.05, 3.63) is 62.5 Å². The molecule has 0 aliphatic rings. The van der Waals surface area contributed by atoms with Crippen LogP contribution in [0, 0.1) is 16.3 Å². The zero-order valence-electron chi connectivity index (χ0n) is 11.7. The number of hydrogen-bond acceptors (Lipinski definition) is 2. The second-order valence-electron chi connectivity index (χ2n) is 4.59. The Hall–Kier alpha value is -1.14. The number of nitrogens with one attached hydrogen (secondary N) is 1. The number of benzene rings is 2. The molecule has 106 valence electrons. The predicted molar refractivity (Wildman–Crippen MR) is 87.8 cm³/mol. The molecule has 0 radical (unpaired) electrons. The molecule has 0 heterocycles. The summed E-state index contributed by atoms with van der Waals surface area (Å²) in [6.45, 7) is 2.08. The molecule has 0 aromatic heterocycles. The lowest BCUT2D eigenvalue weighted by Gasteiger charge is -2.20. The van der Waals surface area contributed by atoms with Gasteiger partial charge in [-0.3, -0.25) is 0 Å². The first-order chi connectivity index (χ1) is 9.58. The first kappa shape index (κ1) is 15.3. The van der Waals surface area contributed by atoms with E-state index in [1.807, 2.05) is 19.2 Å². The molecular weight excluding hydrogens is 368 g/mol. The SMILES string of the molecule is CNC(c1ccc(OC)c(F)c1)c1cccc(C)c1I. The average Bonchev–Trinajstić information content (AvgIpc) is 2.44. The molecule has 2 aromatic carbocycles. The van der Waals surface area contributed by atoms with Crippen molar-refractivity contribution in [3.8, 4) is 5.75 Å². The molecule has 20 heavy (non-hydrogen) atoms. The highest BCUT2D eigenvalue weighted by atomic mass is 127. The first-order valence-corrected chi connectivity index (χ1v) is 7.42. The highest BCUT2D eigenvalue weighted by Gasteiger charge is 2.17. The maximum atomic E-state index is 13.9. The molecule has 2 aromatic rings. The summed E-state index contributed by atoms with van der Waals surface area (Å²) in [5, 5.41) is 3.26. The topological polar surface area (TPSA) is 21.3 Å². The zero-order valence-corrected chi connectivity index (χ0v) is 13.9. The Morgan fingerprint density at radius 1 is 1.25 bits per heavy atom. The molecule has 0 aliphatic carbocycles. The maximum Gasteiger partial charge on any atom is 0.165 e. The maximum absolute atomic E-state index is 13.9. The minimum absolute atomic E-state index is 0.0396. The van der Waals surface area contributed by atoms with Crippen LogP contribution in [0.15, 0.2) is 36.4 Å². The fourth-order valence-corrected chi connectivity index (χ4v) is 2.93. The summed E-state index contributed by atoms with van der Waals surface area (Å²) in [6.07, 6.45) is 0. The summed E-state index contributed by atoms with van der Waals surface area (Å²) in [5.74, 6) is -0.0737. The number of methoxy groups -OCH3 is 1. The molecule has 0 saturated heterocycles. The molecule has 0 spiro atoms. The summed E-state index contributed by atoms with van der Waals surface area (Å²) >= 11 is 2.33. The Labute approximate surface area is 132 Å². The van der Waals surface area contributed by atoms with Crippen molar-refractivity contribution in [2.45, 2.75) is 13.0 Å². The van der Waals surface area contributed by atoms with Crippen LogP contribution >= 0.6 is 22.6 Å². The van der Waals surface area contributed by atoms with Crippen LogP contribution in [0.3, 0.4) is 0 Å². The molecule has 2 nitrogen and oxygen atoms in total. The Bertz CT molecular complexity index is 615. The van der Waals surface area contributed by atoms with Crippen molar-refractivity contribution in [2.24, 2.45) is 0 Å². The number of hydrogen-bond donors (Lipinski definition) is 1. The van der Waals surface area contributed by atoms with Gasteiger partial charge < -0.3 is 10.1 Å². The molecule has 0 bridgehead atoms. The number of halogens is 2. The molecule has 4 heteroatoms. The van der Waals surface area contributed by atoms with Crippen LogP contribution in [-0.4, -0.2) is 14.2 Å². The Morgan fingerprint density at radius 3 is 2.60 bits per heavy atom. The molecule has 2 rings (SSSR count). The third-order valence-electron chi connectivity index (χ3n) is 3.33. The van der Waals surface area contributed by atoms with Crippen molar-refractivity contribution >= 4 is 22.6 Å². The van der Waals surface area contributed by atoms with Crippen LogP contribution in [0.25, 0.3) is 0 Å². The summed E-state index contributed by atoms with van der Waals surface area (Å²) in [6, 6.07) is 11.2. The van der Waals surface area contributed by atoms with E-state index in [4.69, 9.17) is 4.74 Å². The summed E-state index contributed by atoms with van der Waals surface area (Å²) in [5.41, 5.74) is 3.25. The van der Waals surface area contributed by atoms with E-state index in [0.29, 0.717) is 0 Å². The van der Waals surface area contributed by atoms with Gasteiger partial charge in [-0.1, -0.05) is 24.3 Å². The van der Waals surface area contributed by atoms with Gasteiger partial charge in [0.25, 0.3) is 0 Å². The van der Waals surface area contributed by atoms with E-state index < -0.39 is 0 Å². The molecule has 1 N–H and O–H groups in total. The van der Waals surface area contributed by atoms with Crippen molar-refractivity contribution in [3.63, 3.8) is 0 Å². The standard InChI is InChI=1S/C16H17FINO/c1-10-5-4-6-12(15(10)18)16(19-2)11-7-8-14(20-3)13(17)9-11/h4-9,16,19H,1-3H3. The molecule has 1 unspecified atom stereocenters. The van der Waals surface area contributed by atoms with Gasteiger partial charge in [-0.2, -0.15) is 0 Å². The van der Waals surface area contributed by atoms with Crippen LogP contribution in [0.5, 0.6) is 5.75 Å². The molecule has 0 aliphatic heterocycles. The van der Waals surface area contributed by atoms with E-state index in [0.717, 1.165) is 11.1 Å². The van der Waals surface area contributed by atoms with Crippen molar-refractivity contribution < 1.29 is 9.13 Å². The average molecular weight is 385 g/mol. The Morgan fingerprint density at radius 2 is 2.00 bits per heavy atom. The van der Waals surface area contributed by atoms with Gasteiger partial charge in [0.15, 0.2) is 11.6 Å². The van der Waals surface area contributed by atoms with E-state index in [9.17, 15) is 4.39 Å². The fraction of sp³-hybridized carbons (Fsp3) is 0.250. The predicted octanol–water partition coefficient (Wildman–Crippen LogP) is 4.06. The van der Waals surface area contributed by atoms with Gasteiger partial charge in [-0.15, -0.1) is 0 Å². The van der Waals surface area contributed by atoms with Crippen LogP contribution in [0.4, 0.5) is 4.39 Å². The summed E-state index contributed by atoms with van der Waals surface area (Å²) in [7, 11) is 3.35. The normalized spacial score (nSPS) is 12.2. The summed E-state index contributed by atoms with van der Waals surface area (Å²) in [4.78, 5) is 0. The lowest BCUT2D eigenvalue weighted by molar-refractivity contribution is 0.386. The smallest absolute Gasteiger partial charge is 0.165 e. The third-order valence-corrected chi connectivity index (χ3v) is 4.80. The second kappa shape index (κ2) is 6.54. The number of ether oxygens (including phenoxy) is 1. The van der Waals surface area contributed by atoms with E-state index in [1.54, 1.807) is 6.07 Å². The van der Waals surface area contributed by atoms with E-state index >= 15 is 0 Å². The van der Waals surface area contributed by atoms with Crippen LogP contribution in [-0.2, 0) is 0 Å². The lowest BCUT2D eigenvalue weighted by Crippen LogP contribution is -2.19. The van der Waals surface area contributed by atoms with Crippen molar-refractivity contribution in [2.75, 3.05) is 14.2 Å². The van der Waals surface area contributed by atoms with E-state index in [2.05, 4.69) is 47.0 Å². The quantitative estimate of drug-likeness (QED) is 0.802. The van der Waals surface area contributed by atoms with Gasteiger partial charge in [-0.05, 0) is 65.4 Å². The van der Waals surface area contributed by atoms with E-state index in [-0.39, 0.29) is 17.6 Å². The largest absolute Gasteiger partial charge is 0.494 e.